The lowest BCUT2D eigenvalue weighted by molar-refractivity contribution is -0.147. The normalized spacial score (nSPS) is 24.3. The Hall–Kier alpha value is -1.67. The summed E-state index contributed by atoms with van der Waals surface area (Å²) in [4.78, 5) is 35.4. The van der Waals surface area contributed by atoms with E-state index in [1.807, 2.05) is 0 Å². The van der Waals surface area contributed by atoms with Gasteiger partial charge in [0.1, 0.15) is 12.6 Å². The van der Waals surface area contributed by atoms with E-state index in [1.54, 1.807) is 4.90 Å². The predicted octanol–water partition coefficient (Wildman–Crippen LogP) is -1.83. The van der Waals surface area contributed by atoms with Gasteiger partial charge in [0.05, 0.1) is 12.6 Å². The van der Waals surface area contributed by atoms with Crippen LogP contribution in [0.3, 0.4) is 0 Å². The quantitative estimate of drug-likeness (QED) is 0.560. The van der Waals surface area contributed by atoms with Gasteiger partial charge in [-0.1, -0.05) is 0 Å². The van der Waals surface area contributed by atoms with Gasteiger partial charge in [0.2, 0.25) is 11.8 Å². The zero-order valence-electron chi connectivity index (χ0n) is 11.1. The van der Waals surface area contributed by atoms with Gasteiger partial charge in [-0.05, 0) is 12.8 Å². The molecule has 1 unspecified atom stereocenters. The molecule has 112 valence electrons. The van der Waals surface area contributed by atoms with Crippen molar-refractivity contribution in [2.75, 3.05) is 32.8 Å². The molecule has 8 nitrogen and oxygen atoms in total. The van der Waals surface area contributed by atoms with Crippen LogP contribution in [0.4, 0.5) is 0 Å². The Balaban J connectivity index is 1.74. The summed E-state index contributed by atoms with van der Waals surface area (Å²) >= 11 is 0. The zero-order valence-corrected chi connectivity index (χ0v) is 11.1. The highest BCUT2D eigenvalue weighted by molar-refractivity contribution is 5.86. The fourth-order valence-electron chi connectivity index (χ4n) is 2.39. The molecule has 0 aliphatic carbocycles. The molecule has 0 bridgehead atoms. The summed E-state index contributed by atoms with van der Waals surface area (Å²) < 4.78 is 5.22. The minimum Gasteiger partial charge on any atom is -0.480 e. The van der Waals surface area contributed by atoms with Crippen LogP contribution in [0.25, 0.3) is 0 Å². The van der Waals surface area contributed by atoms with Crippen molar-refractivity contribution in [3.05, 3.63) is 0 Å². The Morgan fingerprint density at radius 1 is 1.35 bits per heavy atom. The third kappa shape index (κ3) is 3.91. The predicted molar refractivity (Wildman–Crippen MR) is 68.0 cm³/mol. The molecule has 0 radical (unpaired) electrons. The van der Waals surface area contributed by atoms with Crippen LogP contribution < -0.4 is 10.6 Å². The molecular formula is C12H19N3O5. The molecule has 8 heteroatoms. The number of amides is 2. The Labute approximate surface area is 116 Å². The second-order valence-electron chi connectivity index (χ2n) is 4.97. The topological polar surface area (TPSA) is 108 Å². The SMILES string of the molecule is O=C(O)COC1CCN(C(=O)C2CNC(=O)CN2)CC1. The van der Waals surface area contributed by atoms with Crippen molar-refractivity contribution in [2.24, 2.45) is 0 Å². The van der Waals surface area contributed by atoms with Crippen molar-refractivity contribution >= 4 is 17.8 Å². The van der Waals surface area contributed by atoms with Crippen LogP contribution >= 0.6 is 0 Å². The molecule has 0 spiro atoms. The van der Waals surface area contributed by atoms with Crippen LogP contribution in [0, 0.1) is 0 Å². The van der Waals surface area contributed by atoms with Gasteiger partial charge in [-0.3, -0.25) is 14.9 Å². The standard InChI is InChI=1S/C12H19N3O5/c16-10-6-13-9(5-14-10)12(19)15-3-1-8(2-4-15)20-7-11(17)18/h8-9,13H,1-7H2,(H,14,16)(H,17,18). The van der Waals surface area contributed by atoms with Gasteiger partial charge in [0, 0.05) is 19.6 Å². The number of ether oxygens (including phenoxy) is 1. The number of nitrogens with one attached hydrogen (secondary N) is 2. The summed E-state index contributed by atoms with van der Waals surface area (Å²) in [5, 5.41) is 14.1. The molecule has 0 aromatic heterocycles. The Morgan fingerprint density at radius 2 is 2.05 bits per heavy atom. The Bertz CT molecular complexity index is 383. The minimum absolute atomic E-state index is 0.0262. The maximum atomic E-state index is 12.2. The average molecular weight is 285 g/mol. The number of rotatable bonds is 4. The molecule has 2 saturated heterocycles. The molecule has 2 rings (SSSR count). The number of piperazine rings is 1. The Kier molecular flexibility index (Phi) is 4.91. The molecule has 3 N–H and O–H groups in total. The minimum atomic E-state index is -0.981. The number of piperidine rings is 1. The monoisotopic (exact) mass is 285 g/mol. The van der Waals surface area contributed by atoms with E-state index in [-0.39, 0.29) is 37.1 Å². The fourth-order valence-corrected chi connectivity index (χ4v) is 2.39. The first-order valence-corrected chi connectivity index (χ1v) is 6.68. The molecular weight excluding hydrogens is 266 g/mol. The number of carbonyl (C=O) groups excluding carboxylic acids is 2. The van der Waals surface area contributed by atoms with Gasteiger partial charge in [0.25, 0.3) is 0 Å². The van der Waals surface area contributed by atoms with Crippen molar-refractivity contribution in [3.63, 3.8) is 0 Å². The van der Waals surface area contributed by atoms with Crippen molar-refractivity contribution in [3.8, 4) is 0 Å². The molecule has 2 heterocycles. The third-order valence-electron chi connectivity index (χ3n) is 3.51. The van der Waals surface area contributed by atoms with Crippen LogP contribution in [0.5, 0.6) is 0 Å². The van der Waals surface area contributed by atoms with Crippen molar-refractivity contribution in [2.45, 2.75) is 25.0 Å². The molecule has 0 aromatic rings. The summed E-state index contributed by atoms with van der Waals surface area (Å²) in [6.07, 6.45) is 1.17. The number of hydrogen-bond acceptors (Lipinski definition) is 5. The van der Waals surface area contributed by atoms with Gasteiger partial charge in [0.15, 0.2) is 0 Å². The molecule has 2 aliphatic heterocycles. The van der Waals surface area contributed by atoms with Crippen molar-refractivity contribution < 1.29 is 24.2 Å². The first-order valence-electron chi connectivity index (χ1n) is 6.68. The maximum absolute atomic E-state index is 12.2. The number of carboxylic acid groups (broad SMARTS) is 1. The second-order valence-corrected chi connectivity index (χ2v) is 4.97. The number of nitrogens with zero attached hydrogens (tertiary/aromatic N) is 1. The lowest BCUT2D eigenvalue weighted by Crippen LogP contribution is -2.59. The molecule has 2 fully saturated rings. The van der Waals surface area contributed by atoms with E-state index < -0.39 is 5.97 Å². The lowest BCUT2D eigenvalue weighted by Gasteiger charge is -2.35. The highest BCUT2D eigenvalue weighted by Crippen LogP contribution is 2.14. The molecule has 0 saturated carbocycles. The van der Waals surface area contributed by atoms with E-state index in [2.05, 4.69) is 10.6 Å². The summed E-state index contributed by atoms with van der Waals surface area (Å²) in [6.45, 7) is 1.28. The molecule has 20 heavy (non-hydrogen) atoms. The van der Waals surface area contributed by atoms with Crippen molar-refractivity contribution in [1.82, 2.24) is 15.5 Å². The van der Waals surface area contributed by atoms with Gasteiger partial charge in [-0.25, -0.2) is 4.79 Å². The first kappa shape index (κ1) is 14.7. The summed E-state index contributed by atoms with van der Waals surface area (Å²) in [6, 6.07) is -0.371. The smallest absolute Gasteiger partial charge is 0.329 e. The summed E-state index contributed by atoms with van der Waals surface area (Å²) in [5.41, 5.74) is 0. The molecule has 1 atom stereocenters. The van der Waals surface area contributed by atoms with Crippen molar-refractivity contribution in [1.29, 1.82) is 0 Å². The van der Waals surface area contributed by atoms with Crippen LogP contribution in [0.1, 0.15) is 12.8 Å². The van der Waals surface area contributed by atoms with E-state index in [1.165, 1.54) is 0 Å². The molecule has 2 amide bonds. The van der Waals surface area contributed by atoms with Crippen LogP contribution in [0.15, 0.2) is 0 Å². The molecule has 0 aromatic carbocycles. The average Bonchev–Trinajstić information content (AvgIpc) is 2.46. The number of likely N-dealkylation sites (tertiary alicyclic amines) is 1. The fraction of sp³-hybridized carbons (Fsp3) is 0.750. The van der Waals surface area contributed by atoms with Crippen LogP contribution in [-0.4, -0.2) is 72.7 Å². The van der Waals surface area contributed by atoms with Gasteiger partial charge < -0.3 is 20.1 Å². The van der Waals surface area contributed by atoms with E-state index in [4.69, 9.17) is 9.84 Å². The largest absolute Gasteiger partial charge is 0.480 e. The highest BCUT2D eigenvalue weighted by Gasteiger charge is 2.30. The van der Waals surface area contributed by atoms with E-state index in [0.717, 1.165) is 0 Å². The Morgan fingerprint density at radius 3 is 2.60 bits per heavy atom. The zero-order chi connectivity index (χ0) is 14.5. The lowest BCUT2D eigenvalue weighted by atomic mass is 10.1. The van der Waals surface area contributed by atoms with Gasteiger partial charge >= 0.3 is 5.97 Å². The maximum Gasteiger partial charge on any atom is 0.329 e. The molecule has 2 aliphatic rings. The number of carboxylic acids is 1. The van der Waals surface area contributed by atoms with Gasteiger partial charge in [-0.2, -0.15) is 0 Å². The summed E-state index contributed by atoms with van der Waals surface area (Å²) in [5.74, 6) is -1.11. The second kappa shape index (κ2) is 6.67. The van der Waals surface area contributed by atoms with E-state index in [9.17, 15) is 14.4 Å². The highest BCUT2D eigenvalue weighted by atomic mass is 16.5. The first-order chi connectivity index (χ1) is 9.56. The van der Waals surface area contributed by atoms with E-state index >= 15 is 0 Å². The number of hydrogen-bond donors (Lipinski definition) is 3. The van der Waals surface area contributed by atoms with Gasteiger partial charge in [-0.15, -0.1) is 0 Å². The van der Waals surface area contributed by atoms with Crippen LogP contribution in [-0.2, 0) is 19.1 Å². The van der Waals surface area contributed by atoms with Crippen LogP contribution in [0.2, 0.25) is 0 Å². The number of aliphatic carboxylic acids is 1. The summed E-state index contributed by atoms with van der Waals surface area (Å²) in [7, 11) is 0. The number of carbonyl (C=O) groups is 3. The van der Waals surface area contributed by atoms with E-state index in [0.29, 0.717) is 32.5 Å². The third-order valence-corrected chi connectivity index (χ3v) is 3.51.